The van der Waals surface area contributed by atoms with E-state index in [1.54, 1.807) is 18.2 Å². The second-order valence-corrected chi connectivity index (χ2v) is 7.33. The standard InChI is InChI=1S/C22H18N2O6/c1-13-6-4-9-16-19(13)21(26)23(20(16)25)17-10-2-3-11-18(17)30-22(27)14-7-5-8-15(12-14)24(28)29/h2-8,10-13,16,19H,9H2,1H3/t13-,16+,19+/m0/s1. The van der Waals surface area contributed by atoms with Crippen LogP contribution in [0.25, 0.3) is 0 Å². The first-order valence-electron chi connectivity index (χ1n) is 9.48. The average molecular weight is 406 g/mol. The van der Waals surface area contributed by atoms with E-state index in [9.17, 15) is 24.5 Å². The molecule has 3 atom stereocenters. The lowest BCUT2D eigenvalue weighted by molar-refractivity contribution is -0.384. The number of benzene rings is 2. The summed E-state index contributed by atoms with van der Waals surface area (Å²) < 4.78 is 5.43. The lowest BCUT2D eigenvalue weighted by Gasteiger charge is -2.22. The van der Waals surface area contributed by atoms with Crippen LogP contribution in [-0.4, -0.2) is 22.7 Å². The summed E-state index contributed by atoms with van der Waals surface area (Å²) >= 11 is 0. The molecule has 4 rings (SSSR count). The second kappa shape index (κ2) is 7.55. The van der Waals surface area contributed by atoms with Crippen LogP contribution >= 0.6 is 0 Å². The Bertz CT molecular complexity index is 1090. The largest absolute Gasteiger partial charge is 0.421 e. The van der Waals surface area contributed by atoms with Crippen molar-refractivity contribution in [3.63, 3.8) is 0 Å². The molecule has 2 amide bonds. The number of nitro benzene ring substituents is 1. The number of nitro groups is 1. The predicted molar refractivity (Wildman–Crippen MR) is 107 cm³/mol. The van der Waals surface area contributed by atoms with E-state index in [1.807, 2.05) is 19.1 Å². The van der Waals surface area contributed by atoms with Crippen molar-refractivity contribution in [1.29, 1.82) is 0 Å². The molecule has 8 nitrogen and oxygen atoms in total. The summed E-state index contributed by atoms with van der Waals surface area (Å²) in [5, 5.41) is 11.0. The summed E-state index contributed by atoms with van der Waals surface area (Å²) in [5.41, 5.74) is -0.0642. The zero-order chi connectivity index (χ0) is 21.4. The molecule has 1 aliphatic carbocycles. The summed E-state index contributed by atoms with van der Waals surface area (Å²) in [6, 6.07) is 11.4. The quantitative estimate of drug-likeness (QED) is 0.192. The Morgan fingerprint density at radius 2 is 1.90 bits per heavy atom. The molecule has 2 aromatic carbocycles. The molecule has 2 aromatic rings. The van der Waals surface area contributed by atoms with Crippen molar-refractivity contribution >= 4 is 29.2 Å². The van der Waals surface area contributed by atoms with Crippen molar-refractivity contribution in [2.75, 3.05) is 4.90 Å². The molecule has 30 heavy (non-hydrogen) atoms. The Morgan fingerprint density at radius 3 is 2.63 bits per heavy atom. The van der Waals surface area contributed by atoms with Gasteiger partial charge in [-0.05, 0) is 30.5 Å². The van der Waals surface area contributed by atoms with Crippen LogP contribution in [0.2, 0.25) is 0 Å². The molecule has 1 aliphatic heterocycles. The first-order valence-corrected chi connectivity index (χ1v) is 9.48. The van der Waals surface area contributed by atoms with Crippen molar-refractivity contribution in [2.45, 2.75) is 13.3 Å². The van der Waals surface area contributed by atoms with Crippen LogP contribution in [0.4, 0.5) is 11.4 Å². The maximum Gasteiger partial charge on any atom is 0.343 e. The smallest absolute Gasteiger partial charge is 0.343 e. The van der Waals surface area contributed by atoms with Gasteiger partial charge in [-0.1, -0.05) is 37.3 Å². The molecule has 0 unspecified atom stereocenters. The number of hydrogen-bond acceptors (Lipinski definition) is 6. The van der Waals surface area contributed by atoms with Crippen LogP contribution < -0.4 is 9.64 Å². The molecule has 0 bridgehead atoms. The topological polar surface area (TPSA) is 107 Å². The van der Waals surface area contributed by atoms with Crippen LogP contribution in [-0.2, 0) is 9.59 Å². The lowest BCUT2D eigenvalue weighted by atomic mass is 9.78. The van der Waals surface area contributed by atoms with E-state index < -0.39 is 22.7 Å². The third kappa shape index (κ3) is 3.26. The van der Waals surface area contributed by atoms with Crippen LogP contribution in [0, 0.1) is 27.9 Å². The zero-order valence-corrected chi connectivity index (χ0v) is 16.1. The number of carbonyl (C=O) groups excluding carboxylic acids is 3. The molecule has 1 saturated heterocycles. The second-order valence-electron chi connectivity index (χ2n) is 7.33. The van der Waals surface area contributed by atoms with Gasteiger partial charge in [0.05, 0.1) is 28.0 Å². The molecular weight excluding hydrogens is 388 g/mol. The van der Waals surface area contributed by atoms with Crippen LogP contribution in [0.3, 0.4) is 0 Å². The van der Waals surface area contributed by atoms with Gasteiger partial charge in [0.15, 0.2) is 5.75 Å². The number of ether oxygens (including phenoxy) is 1. The van der Waals surface area contributed by atoms with E-state index in [2.05, 4.69) is 0 Å². The molecule has 1 fully saturated rings. The van der Waals surface area contributed by atoms with Gasteiger partial charge in [0.1, 0.15) is 0 Å². The molecule has 0 spiro atoms. The van der Waals surface area contributed by atoms with E-state index in [0.29, 0.717) is 6.42 Å². The normalized spacial score (nSPS) is 22.7. The van der Waals surface area contributed by atoms with Crippen molar-refractivity contribution in [3.05, 3.63) is 76.4 Å². The molecule has 2 aliphatic rings. The number of esters is 1. The van der Waals surface area contributed by atoms with Crippen LogP contribution in [0.5, 0.6) is 5.75 Å². The number of anilines is 1. The van der Waals surface area contributed by atoms with E-state index in [4.69, 9.17) is 4.74 Å². The zero-order valence-electron chi connectivity index (χ0n) is 16.1. The molecule has 152 valence electrons. The van der Waals surface area contributed by atoms with Crippen molar-refractivity contribution in [1.82, 2.24) is 0 Å². The fourth-order valence-corrected chi connectivity index (χ4v) is 4.02. The fourth-order valence-electron chi connectivity index (χ4n) is 4.02. The van der Waals surface area contributed by atoms with Gasteiger partial charge in [0.25, 0.3) is 5.69 Å². The number of imide groups is 1. The van der Waals surface area contributed by atoms with Gasteiger partial charge in [-0.15, -0.1) is 0 Å². The number of non-ortho nitro benzene ring substituents is 1. The van der Waals surface area contributed by atoms with E-state index >= 15 is 0 Å². The highest BCUT2D eigenvalue weighted by atomic mass is 16.6. The molecule has 8 heteroatoms. The summed E-state index contributed by atoms with van der Waals surface area (Å²) in [6.45, 7) is 1.90. The maximum absolute atomic E-state index is 13.0. The van der Waals surface area contributed by atoms with Crippen LogP contribution in [0.15, 0.2) is 60.7 Å². The van der Waals surface area contributed by atoms with E-state index in [-0.39, 0.29) is 40.4 Å². The number of allylic oxidation sites excluding steroid dienone is 2. The minimum atomic E-state index is -0.822. The third-order valence-electron chi connectivity index (χ3n) is 5.47. The number of para-hydroxylation sites is 2. The molecule has 0 aromatic heterocycles. The fraction of sp³-hybridized carbons (Fsp3) is 0.227. The number of rotatable bonds is 4. The summed E-state index contributed by atoms with van der Waals surface area (Å²) in [7, 11) is 0. The summed E-state index contributed by atoms with van der Waals surface area (Å²) in [4.78, 5) is 50.0. The average Bonchev–Trinajstić information content (AvgIpc) is 3.00. The highest BCUT2D eigenvalue weighted by Crippen LogP contribution is 2.42. The predicted octanol–water partition coefficient (Wildman–Crippen LogP) is 3.52. The first-order chi connectivity index (χ1) is 14.4. The van der Waals surface area contributed by atoms with Gasteiger partial charge in [0, 0.05) is 12.1 Å². The van der Waals surface area contributed by atoms with Crippen molar-refractivity contribution in [2.24, 2.45) is 17.8 Å². The van der Waals surface area contributed by atoms with Gasteiger partial charge in [-0.3, -0.25) is 19.7 Å². The minimum Gasteiger partial charge on any atom is -0.421 e. The SMILES string of the molecule is C[C@H]1C=CC[C@H]2C(=O)N(c3ccccc3OC(=O)c3cccc([N+](=O)[O-])c3)C(=O)[C@H]12. The van der Waals surface area contributed by atoms with E-state index in [0.717, 1.165) is 11.0 Å². The van der Waals surface area contributed by atoms with Gasteiger partial charge in [-0.25, -0.2) is 9.69 Å². The van der Waals surface area contributed by atoms with Gasteiger partial charge >= 0.3 is 5.97 Å². The number of amides is 2. The number of hydrogen-bond donors (Lipinski definition) is 0. The summed E-state index contributed by atoms with van der Waals surface area (Å²) in [6.07, 6.45) is 4.34. The Kier molecular flexibility index (Phi) is 4.91. The van der Waals surface area contributed by atoms with Crippen molar-refractivity contribution < 1.29 is 24.0 Å². The molecule has 0 radical (unpaired) electrons. The molecule has 1 heterocycles. The Labute approximate surface area is 171 Å². The minimum absolute atomic E-state index is 0.00966. The highest BCUT2D eigenvalue weighted by molar-refractivity contribution is 6.23. The summed E-state index contributed by atoms with van der Waals surface area (Å²) in [5.74, 6) is -2.36. The first kappa shape index (κ1) is 19.5. The maximum atomic E-state index is 13.0. The van der Waals surface area contributed by atoms with Crippen molar-refractivity contribution in [3.8, 4) is 5.75 Å². The van der Waals surface area contributed by atoms with Gasteiger partial charge in [-0.2, -0.15) is 0 Å². The van der Waals surface area contributed by atoms with Gasteiger partial charge in [0.2, 0.25) is 11.8 Å². The van der Waals surface area contributed by atoms with Gasteiger partial charge < -0.3 is 4.74 Å². The van der Waals surface area contributed by atoms with Crippen LogP contribution in [0.1, 0.15) is 23.7 Å². The number of fused-ring (bicyclic) bond motifs is 1. The van der Waals surface area contributed by atoms with E-state index in [1.165, 1.54) is 24.3 Å². The lowest BCUT2D eigenvalue weighted by Crippen LogP contribution is -2.32. The third-order valence-corrected chi connectivity index (χ3v) is 5.47. The molecular formula is C22H18N2O6. The molecule has 0 saturated carbocycles. The Morgan fingerprint density at radius 1 is 1.13 bits per heavy atom. The number of nitrogens with zero attached hydrogens (tertiary/aromatic N) is 2. The highest BCUT2D eigenvalue weighted by Gasteiger charge is 2.51. The Balaban J connectivity index is 1.65. The monoisotopic (exact) mass is 406 g/mol. The molecule has 0 N–H and O–H groups in total. The Hall–Kier alpha value is -3.81. The number of carbonyl (C=O) groups is 3.